The van der Waals surface area contributed by atoms with Crippen LogP contribution in [-0.2, 0) is 5.72 Å². The van der Waals surface area contributed by atoms with Gasteiger partial charge in [-0.05, 0) is 74.0 Å². The zero-order valence-electron chi connectivity index (χ0n) is 18.7. The molecular weight excluding hydrogens is 504 g/mol. The fraction of sp³-hybridized carbons (Fsp3) is 0.240. The van der Waals surface area contributed by atoms with Gasteiger partial charge in [0.05, 0.1) is 5.54 Å². The molecule has 1 fully saturated rings. The van der Waals surface area contributed by atoms with Crippen LogP contribution in [0.25, 0.3) is 0 Å². The Morgan fingerprint density at radius 2 is 1.43 bits per heavy atom. The van der Waals surface area contributed by atoms with Crippen molar-refractivity contribution in [3.8, 4) is 5.75 Å². The lowest BCUT2D eigenvalue weighted by Crippen LogP contribution is -2.57. The molecule has 1 N–H and O–H groups in total. The van der Waals surface area contributed by atoms with Gasteiger partial charge in [0.15, 0.2) is 5.72 Å². The number of ether oxygens (including phenoxy) is 1. The van der Waals surface area contributed by atoms with Crippen molar-refractivity contribution in [2.75, 3.05) is 9.80 Å². The number of amides is 2. The van der Waals surface area contributed by atoms with E-state index in [4.69, 9.17) is 23.2 Å². The number of carbonyl (C=O) groups is 1. The maximum Gasteiger partial charge on any atom is 0.573 e. The molecule has 1 saturated heterocycles. The minimum Gasteiger partial charge on any atom is -0.406 e. The summed E-state index contributed by atoms with van der Waals surface area (Å²) < 4.78 is 42.9. The zero-order valence-corrected chi connectivity index (χ0v) is 20.2. The average molecular weight is 525 g/mol. The first-order valence-corrected chi connectivity index (χ1v) is 11.4. The van der Waals surface area contributed by atoms with Crippen molar-refractivity contribution in [2.24, 2.45) is 0 Å². The standard InChI is InChI=1S/C25H21Cl2F3N2O3/c1-3-23(2)24(34,16-5-4-6-21(15-16)35-25(28,29)30)32(20-13-9-18(27)10-14-20)22(33)31(23)19-11-7-17(26)8-12-19/h4-15,34H,3H2,1-2H3/t23-,24?/m0/s1. The molecule has 1 unspecified atom stereocenters. The third-order valence-corrected chi connectivity index (χ3v) is 6.78. The zero-order chi connectivity index (χ0) is 25.6. The number of halogens is 5. The summed E-state index contributed by atoms with van der Waals surface area (Å²) in [5, 5.41) is 13.3. The van der Waals surface area contributed by atoms with E-state index in [9.17, 15) is 23.1 Å². The number of urea groups is 1. The van der Waals surface area contributed by atoms with Crippen molar-refractivity contribution in [2.45, 2.75) is 37.9 Å². The van der Waals surface area contributed by atoms with Crippen LogP contribution >= 0.6 is 23.2 Å². The monoisotopic (exact) mass is 524 g/mol. The maximum atomic E-state index is 14.0. The van der Waals surface area contributed by atoms with Gasteiger partial charge >= 0.3 is 12.4 Å². The molecule has 5 nitrogen and oxygen atoms in total. The van der Waals surface area contributed by atoms with Gasteiger partial charge in [-0.15, -0.1) is 13.2 Å². The number of carbonyl (C=O) groups excluding carboxylic acids is 1. The first-order chi connectivity index (χ1) is 16.4. The summed E-state index contributed by atoms with van der Waals surface area (Å²) in [7, 11) is 0. The Labute approximate surface area is 210 Å². The number of aliphatic hydroxyl groups is 1. The van der Waals surface area contributed by atoms with Crippen molar-refractivity contribution in [3.05, 3.63) is 88.4 Å². The predicted molar refractivity (Wildman–Crippen MR) is 129 cm³/mol. The Morgan fingerprint density at radius 3 is 1.91 bits per heavy atom. The van der Waals surface area contributed by atoms with E-state index >= 15 is 0 Å². The van der Waals surface area contributed by atoms with Crippen LogP contribution in [0.1, 0.15) is 25.8 Å². The van der Waals surface area contributed by atoms with Crippen LogP contribution in [0.4, 0.5) is 29.3 Å². The first kappa shape index (κ1) is 25.2. The van der Waals surface area contributed by atoms with Gasteiger partial charge < -0.3 is 9.84 Å². The molecule has 0 spiro atoms. The van der Waals surface area contributed by atoms with Gasteiger partial charge in [-0.1, -0.05) is 42.3 Å². The largest absolute Gasteiger partial charge is 0.573 e. The lowest BCUT2D eigenvalue weighted by Gasteiger charge is -2.44. The Bertz CT molecular complexity index is 1240. The molecule has 0 radical (unpaired) electrons. The summed E-state index contributed by atoms with van der Waals surface area (Å²) >= 11 is 12.1. The molecule has 35 heavy (non-hydrogen) atoms. The summed E-state index contributed by atoms with van der Waals surface area (Å²) in [6.07, 6.45) is -4.68. The molecule has 10 heteroatoms. The SMILES string of the molecule is CC[C@]1(C)N(c2ccc(Cl)cc2)C(=O)N(c2ccc(Cl)cc2)C1(O)c1cccc(OC(F)(F)F)c1. The van der Waals surface area contributed by atoms with Crippen LogP contribution in [0.2, 0.25) is 10.0 Å². The minimum atomic E-state index is -4.92. The second-order valence-electron chi connectivity index (χ2n) is 8.28. The van der Waals surface area contributed by atoms with E-state index < -0.39 is 29.4 Å². The molecule has 3 aromatic rings. The summed E-state index contributed by atoms with van der Waals surface area (Å²) in [6.45, 7) is 3.45. The van der Waals surface area contributed by atoms with Gasteiger partial charge in [0.25, 0.3) is 0 Å². The van der Waals surface area contributed by atoms with Crippen molar-refractivity contribution in [1.82, 2.24) is 0 Å². The number of anilines is 2. The van der Waals surface area contributed by atoms with E-state index in [0.29, 0.717) is 21.4 Å². The highest BCUT2D eigenvalue weighted by atomic mass is 35.5. The molecule has 0 aliphatic carbocycles. The minimum absolute atomic E-state index is 0.0448. The molecule has 2 amide bonds. The third-order valence-electron chi connectivity index (χ3n) is 6.28. The Hall–Kier alpha value is -2.94. The number of hydrogen-bond acceptors (Lipinski definition) is 3. The highest BCUT2D eigenvalue weighted by molar-refractivity contribution is 6.31. The Morgan fingerprint density at radius 1 is 0.914 bits per heavy atom. The summed E-state index contributed by atoms with van der Waals surface area (Å²) in [5.41, 5.74) is -2.61. The van der Waals surface area contributed by atoms with Gasteiger partial charge in [-0.3, -0.25) is 9.80 Å². The van der Waals surface area contributed by atoms with Crippen LogP contribution in [0.3, 0.4) is 0 Å². The Kier molecular flexibility index (Phi) is 6.42. The number of benzene rings is 3. The summed E-state index contributed by atoms with van der Waals surface area (Å²) in [6, 6.07) is 17.2. The third kappa shape index (κ3) is 4.30. The van der Waals surface area contributed by atoms with Crippen LogP contribution in [0, 0.1) is 0 Å². The van der Waals surface area contributed by atoms with E-state index in [0.717, 1.165) is 17.0 Å². The predicted octanol–water partition coefficient (Wildman–Crippen LogP) is 7.35. The van der Waals surface area contributed by atoms with Crippen molar-refractivity contribution in [1.29, 1.82) is 0 Å². The van der Waals surface area contributed by atoms with Gasteiger partial charge in [-0.25, -0.2) is 4.79 Å². The van der Waals surface area contributed by atoms with Crippen molar-refractivity contribution < 1.29 is 27.8 Å². The summed E-state index contributed by atoms with van der Waals surface area (Å²) in [5.74, 6) is -0.518. The molecule has 1 aliphatic rings. The highest BCUT2D eigenvalue weighted by Crippen LogP contribution is 2.52. The summed E-state index contributed by atoms with van der Waals surface area (Å²) in [4.78, 5) is 16.6. The topological polar surface area (TPSA) is 53.0 Å². The van der Waals surface area contributed by atoms with Gasteiger partial charge in [0.1, 0.15) is 5.75 Å². The van der Waals surface area contributed by atoms with E-state index in [-0.39, 0.29) is 12.0 Å². The second kappa shape index (κ2) is 8.93. The van der Waals surface area contributed by atoms with Gasteiger partial charge in [0.2, 0.25) is 0 Å². The van der Waals surface area contributed by atoms with Crippen LogP contribution < -0.4 is 14.5 Å². The number of nitrogens with zero attached hydrogens (tertiary/aromatic N) is 2. The van der Waals surface area contributed by atoms with E-state index in [1.807, 2.05) is 0 Å². The lowest BCUT2D eigenvalue weighted by atomic mass is 9.80. The molecule has 2 atom stereocenters. The van der Waals surface area contributed by atoms with Crippen LogP contribution in [0.5, 0.6) is 5.75 Å². The second-order valence-corrected chi connectivity index (χ2v) is 9.15. The van der Waals surface area contributed by atoms with E-state index in [2.05, 4.69) is 4.74 Å². The fourth-order valence-corrected chi connectivity index (χ4v) is 4.73. The Balaban J connectivity index is 1.96. The van der Waals surface area contributed by atoms with Crippen molar-refractivity contribution >= 4 is 40.6 Å². The van der Waals surface area contributed by atoms with Gasteiger partial charge in [-0.2, -0.15) is 0 Å². The molecule has 3 aromatic carbocycles. The van der Waals surface area contributed by atoms with Crippen molar-refractivity contribution in [3.63, 3.8) is 0 Å². The molecule has 0 saturated carbocycles. The van der Waals surface area contributed by atoms with E-state index in [1.54, 1.807) is 62.4 Å². The lowest BCUT2D eigenvalue weighted by molar-refractivity contribution is -0.274. The molecule has 0 aromatic heterocycles. The maximum absolute atomic E-state index is 14.0. The number of hydrogen-bond donors (Lipinski definition) is 1. The fourth-order valence-electron chi connectivity index (χ4n) is 4.47. The molecule has 1 heterocycles. The smallest absolute Gasteiger partial charge is 0.406 e. The molecule has 0 bridgehead atoms. The number of rotatable bonds is 5. The van der Waals surface area contributed by atoms with Gasteiger partial charge in [0, 0.05) is 27.0 Å². The normalized spacial score (nSPS) is 22.6. The molecular formula is C25H21Cl2F3N2O3. The van der Waals surface area contributed by atoms with Crippen LogP contribution in [0.15, 0.2) is 72.8 Å². The van der Waals surface area contributed by atoms with Crippen LogP contribution in [-0.4, -0.2) is 23.0 Å². The van der Waals surface area contributed by atoms with E-state index in [1.165, 1.54) is 17.0 Å². The molecule has 1 aliphatic heterocycles. The highest BCUT2D eigenvalue weighted by Gasteiger charge is 2.65. The number of alkyl halides is 3. The molecule has 4 rings (SSSR count). The molecule has 184 valence electrons. The quantitative estimate of drug-likeness (QED) is 0.379. The average Bonchev–Trinajstić information content (AvgIpc) is 2.98. The first-order valence-electron chi connectivity index (χ1n) is 10.6.